The summed E-state index contributed by atoms with van der Waals surface area (Å²) in [6.45, 7) is 5.02. The van der Waals surface area contributed by atoms with Gasteiger partial charge in [0.1, 0.15) is 0 Å². The number of anilines is 1. The molecule has 98 valence electrons. The van der Waals surface area contributed by atoms with Crippen molar-refractivity contribution in [3.05, 3.63) is 33.9 Å². The monoisotopic (exact) mass is 252 g/mol. The number of aliphatic carboxylic acids is 1. The zero-order valence-corrected chi connectivity index (χ0v) is 10.5. The minimum absolute atomic E-state index is 0.0551. The van der Waals surface area contributed by atoms with Crippen LogP contribution in [0.3, 0.4) is 0 Å². The summed E-state index contributed by atoms with van der Waals surface area (Å²) >= 11 is 0. The first-order valence-corrected chi connectivity index (χ1v) is 5.57. The zero-order chi connectivity index (χ0) is 13.9. The van der Waals surface area contributed by atoms with Crippen molar-refractivity contribution in [1.29, 1.82) is 0 Å². The molecule has 2 atom stereocenters. The number of rotatable bonds is 5. The van der Waals surface area contributed by atoms with Crippen LogP contribution in [-0.2, 0) is 4.79 Å². The number of benzene rings is 1. The number of carboxylic acids is 1. The zero-order valence-electron chi connectivity index (χ0n) is 10.5. The van der Waals surface area contributed by atoms with Gasteiger partial charge in [0.2, 0.25) is 0 Å². The number of aryl methyl sites for hydroxylation is 1. The van der Waals surface area contributed by atoms with Gasteiger partial charge >= 0.3 is 5.97 Å². The number of hydrogen-bond acceptors (Lipinski definition) is 4. The predicted molar refractivity (Wildman–Crippen MR) is 67.7 cm³/mol. The number of carboxylic acid groups (broad SMARTS) is 1. The van der Waals surface area contributed by atoms with E-state index in [-0.39, 0.29) is 11.7 Å². The van der Waals surface area contributed by atoms with Gasteiger partial charge in [-0.2, -0.15) is 0 Å². The van der Waals surface area contributed by atoms with Crippen molar-refractivity contribution < 1.29 is 14.8 Å². The fourth-order valence-electron chi connectivity index (χ4n) is 1.55. The third kappa shape index (κ3) is 3.19. The maximum Gasteiger partial charge on any atom is 0.308 e. The minimum atomic E-state index is -0.881. The van der Waals surface area contributed by atoms with Crippen molar-refractivity contribution in [3.8, 4) is 0 Å². The van der Waals surface area contributed by atoms with Crippen LogP contribution in [0.25, 0.3) is 0 Å². The number of nitro benzene ring substituents is 1. The number of nitrogens with zero attached hydrogens (tertiary/aromatic N) is 1. The van der Waals surface area contributed by atoms with Gasteiger partial charge in [0.25, 0.3) is 5.69 Å². The Balaban J connectivity index is 2.84. The van der Waals surface area contributed by atoms with Crippen LogP contribution in [-0.4, -0.2) is 22.0 Å². The highest BCUT2D eigenvalue weighted by Crippen LogP contribution is 2.22. The molecule has 6 heteroatoms. The van der Waals surface area contributed by atoms with Gasteiger partial charge in [-0.25, -0.2) is 0 Å². The molecule has 2 N–H and O–H groups in total. The quantitative estimate of drug-likeness (QED) is 0.620. The summed E-state index contributed by atoms with van der Waals surface area (Å²) in [6, 6.07) is 4.37. The highest BCUT2D eigenvalue weighted by molar-refractivity contribution is 5.71. The minimum Gasteiger partial charge on any atom is -0.481 e. The van der Waals surface area contributed by atoms with Crippen LogP contribution < -0.4 is 5.32 Å². The lowest BCUT2D eigenvalue weighted by Crippen LogP contribution is -2.29. The Hall–Kier alpha value is -2.11. The van der Waals surface area contributed by atoms with Crippen LogP contribution in [0.2, 0.25) is 0 Å². The van der Waals surface area contributed by atoms with Crippen molar-refractivity contribution in [2.75, 3.05) is 5.32 Å². The molecule has 0 fully saturated rings. The van der Waals surface area contributed by atoms with Crippen molar-refractivity contribution in [2.24, 2.45) is 5.92 Å². The molecule has 0 saturated heterocycles. The molecule has 0 aromatic heterocycles. The first kappa shape index (κ1) is 14.0. The first-order valence-electron chi connectivity index (χ1n) is 5.57. The standard InChI is InChI=1S/C12H16N2O4/c1-7-6-10(4-5-11(7)14(17)18)13-9(3)8(2)12(15)16/h4-6,8-9,13H,1-3H3,(H,15,16). The molecule has 0 aliphatic heterocycles. The maximum atomic E-state index is 10.8. The molecule has 0 heterocycles. The lowest BCUT2D eigenvalue weighted by atomic mass is 10.0. The number of hydrogen-bond donors (Lipinski definition) is 2. The van der Waals surface area contributed by atoms with E-state index in [1.165, 1.54) is 6.07 Å². The third-order valence-electron chi connectivity index (χ3n) is 2.93. The molecule has 0 radical (unpaired) electrons. The third-order valence-corrected chi connectivity index (χ3v) is 2.93. The number of carbonyl (C=O) groups is 1. The van der Waals surface area contributed by atoms with Gasteiger partial charge in [-0.05, 0) is 32.9 Å². The van der Waals surface area contributed by atoms with Crippen molar-refractivity contribution in [1.82, 2.24) is 0 Å². The van der Waals surface area contributed by atoms with Crippen LogP contribution in [0.4, 0.5) is 11.4 Å². The lowest BCUT2D eigenvalue weighted by molar-refractivity contribution is -0.385. The molecule has 1 rings (SSSR count). The Bertz CT molecular complexity index is 473. The smallest absolute Gasteiger partial charge is 0.308 e. The number of nitro groups is 1. The normalized spacial score (nSPS) is 13.7. The average molecular weight is 252 g/mol. The van der Waals surface area contributed by atoms with Crippen LogP contribution >= 0.6 is 0 Å². The Morgan fingerprint density at radius 2 is 2.06 bits per heavy atom. The van der Waals surface area contributed by atoms with Crippen molar-refractivity contribution in [2.45, 2.75) is 26.8 Å². The van der Waals surface area contributed by atoms with E-state index in [1.54, 1.807) is 32.9 Å². The van der Waals surface area contributed by atoms with E-state index < -0.39 is 16.8 Å². The molecule has 1 aromatic rings. The molecule has 6 nitrogen and oxygen atoms in total. The van der Waals surface area contributed by atoms with E-state index in [0.717, 1.165) is 0 Å². The van der Waals surface area contributed by atoms with Gasteiger partial charge in [0.05, 0.1) is 10.8 Å². The molecule has 0 aliphatic carbocycles. The lowest BCUT2D eigenvalue weighted by Gasteiger charge is -2.19. The summed E-state index contributed by atoms with van der Waals surface area (Å²) in [5.74, 6) is -1.42. The Morgan fingerprint density at radius 3 is 2.50 bits per heavy atom. The Morgan fingerprint density at radius 1 is 1.44 bits per heavy atom. The molecular formula is C12H16N2O4. The molecule has 2 unspecified atom stereocenters. The molecule has 1 aromatic carbocycles. The van der Waals surface area contributed by atoms with E-state index in [2.05, 4.69) is 5.32 Å². The van der Waals surface area contributed by atoms with E-state index in [4.69, 9.17) is 5.11 Å². The first-order chi connectivity index (χ1) is 8.32. The Kier molecular flexibility index (Phi) is 4.25. The molecule has 0 amide bonds. The fourth-order valence-corrected chi connectivity index (χ4v) is 1.55. The molecule has 0 spiro atoms. The summed E-state index contributed by atoms with van der Waals surface area (Å²) in [5, 5.41) is 22.6. The van der Waals surface area contributed by atoms with E-state index in [0.29, 0.717) is 11.3 Å². The topological polar surface area (TPSA) is 92.5 Å². The van der Waals surface area contributed by atoms with Gasteiger partial charge < -0.3 is 10.4 Å². The largest absolute Gasteiger partial charge is 0.481 e. The maximum absolute atomic E-state index is 10.8. The second kappa shape index (κ2) is 5.48. The van der Waals surface area contributed by atoms with E-state index in [9.17, 15) is 14.9 Å². The van der Waals surface area contributed by atoms with Gasteiger partial charge in [-0.15, -0.1) is 0 Å². The fraction of sp³-hybridized carbons (Fsp3) is 0.417. The summed E-state index contributed by atoms with van der Waals surface area (Å²) in [4.78, 5) is 21.0. The van der Waals surface area contributed by atoms with E-state index in [1.807, 2.05) is 0 Å². The van der Waals surface area contributed by atoms with Crippen LogP contribution in [0.1, 0.15) is 19.4 Å². The molecule has 0 saturated carbocycles. The average Bonchev–Trinajstić information content (AvgIpc) is 2.27. The summed E-state index contributed by atoms with van der Waals surface area (Å²) in [7, 11) is 0. The second-order valence-corrected chi connectivity index (χ2v) is 4.32. The van der Waals surface area contributed by atoms with Crippen LogP contribution in [0.15, 0.2) is 18.2 Å². The van der Waals surface area contributed by atoms with Gasteiger partial charge in [0, 0.05) is 23.4 Å². The summed E-state index contributed by atoms with van der Waals surface area (Å²) in [5.41, 5.74) is 1.28. The van der Waals surface area contributed by atoms with Gasteiger partial charge in [0.15, 0.2) is 0 Å². The molecule has 0 aliphatic rings. The van der Waals surface area contributed by atoms with Crippen molar-refractivity contribution in [3.63, 3.8) is 0 Å². The SMILES string of the molecule is Cc1cc(NC(C)C(C)C(=O)O)ccc1[N+](=O)[O-]. The molecule has 18 heavy (non-hydrogen) atoms. The van der Waals surface area contributed by atoms with Gasteiger partial charge in [-0.3, -0.25) is 14.9 Å². The van der Waals surface area contributed by atoms with Gasteiger partial charge in [-0.1, -0.05) is 0 Å². The van der Waals surface area contributed by atoms with E-state index >= 15 is 0 Å². The summed E-state index contributed by atoms with van der Waals surface area (Å²) in [6.07, 6.45) is 0. The molecular weight excluding hydrogens is 236 g/mol. The second-order valence-electron chi connectivity index (χ2n) is 4.32. The van der Waals surface area contributed by atoms with Crippen LogP contribution in [0, 0.1) is 23.0 Å². The number of nitrogens with one attached hydrogen (secondary N) is 1. The summed E-state index contributed by atoms with van der Waals surface area (Å²) < 4.78 is 0. The molecule has 0 bridgehead atoms. The Labute approximate surface area is 105 Å². The predicted octanol–water partition coefficient (Wildman–Crippen LogP) is 2.42. The van der Waals surface area contributed by atoms with Crippen molar-refractivity contribution >= 4 is 17.3 Å². The van der Waals surface area contributed by atoms with Crippen LogP contribution in [0.5, 0.6) is 0 Å². The highest BCUT2D eigenvalue weighted by atomic mass is 16.6. The highest BCUT2D eigenvalue weighted by Gasteiger charge is 2.19.